The molecule has 6 aromatic rings. The predicted molar refractivity (Wildman–Crippen MR) is 253 cm³/mol. The van der Waals surface area contributed by atoms with Gasteiger partial charge in [0.15, 0.2) is 5.82 Å². The van der Waals surface area contributed by atoms with E-state index in [-0.39, 0.29) is 0 Å². The lowest BCUT2D eigenvalue weighted by molar-refractivity contribution is 0.304. The number of rotatable bonds is 24. The number of aryl methyl sites for hydroxylation is 2. The van der Waals surface area contributed by atoms with Gasteiger partial charge in [-0.15, -0.1) is 0 Å². The van der Waals surface area contributed by atoms with E-state index in [2.05, 4.69) is 49.0 Å². The Morgan fingerprint density at radius 2 is 0.823 bits per heavy atom. The molecular weight excluding hydrogens is 771 g/mol. The Bertz CT molecular complexity index is 2170. The van der Waals surface area contributed by atoms with Gasteiger partial charge in [0, 0.05) is 58.0 Å². The number of hydrogen-bond acceptors (Lipinski definition) is 11. The van der Waals surface area contributed by atoms with E-state index in [9.17, 15) is 0 Å². The highest BCUT2D eigenvalue weighted by Gasteiger charge is 2.10. The molecule has 11 heteroatoms. The third-order valence-corrected chi connectivity index (χ3v) is 10.2. The van der Waals surface area contributed by atoms with Gasteiger partial charge in [0.05, 0.1) is 36.0 Å². The van der Waals surface area contributed by atoms with Gasteiger partial charge in [0.1, 0.15) is 23.1 Å². The number of benzene rings is 5. The Kier molecular flexibility index (Phi) is 17.3. The normalized spacial score (nSPS) is 11.3. The van der Waals surface area contributed by atoms with Crippen molar-refractivity contribution in [2.45, 2.75) is 64.2 Å². The maximum absolute atomic E-state index is 6.01. The average molecular weight is 830 g/mol. The Morgan fingerprint density at radius 1 is 0.452 bits per heavy atom. The summed E-state index contributed by atoms with van der Waals surface area (Å²) in [5, 5.41) is 17.4. The maximum atomic E-state index is 6.01. The van der Waals surface area contributed by atoms with Gasteiger partial charge in [-0.25, -0.2) is 15.0 Å². The number of hydrogen-bond donors (Lipinski definition) is 0. The van der Waals surface area contributed by atoms with Gasteiger partial charge in [0.25, 0.3) is 0 Å². The van der Waals surface area contributed by atoms with Crippen molar-refractivity contribution in [2.24, 2.45) is 20.5 Å². The van der Waals surface area contributed by atoms with Gasteiger partial charge in [-0.05, 0) is 128 Å². The zero-order chi connectivity index (χ0) is 43.4. The SMILES string of the molecule is C=Cc1ccc(-c2nc(CCCCCCOc3ccc(N=Nc4ccc(N(C)C)cc4)cc3)nc(CCCCCCOc3ccc(N=Nc4ccc(N(C)C)cc4)cc3)n2)cc1. The van der Waals surface area contributed by atoms with Crippen LogP contribution in [0.2, 0.25) is 0 Å². The van der Waals surface area contributed by atoms with Gasteiger partial charge in [0.2, 0.25) is 0 Å². The van der Waals surface area contributed by atoms with Crippen LogP contribution < -0.4 is 19.3 Å². The molecular formula is C51H59N9O2. The summed E-state index contributed by atoms with van der Waals surface area (Å²) in [4.78, 5) is 18.8. The number of ether oxygens (including phenoxy) is 2. The monoisotopic (exact) mass is 829 g/mol. The number of unbranched alkanes of at least 4 members (excludes halogenated alkanes) is 6. The first kappa shape index (κ1) is 44.8. The smallest absolute Gasteiger partial charge is 0.163 e. The quantitative estimate of drug-likeness (QED) is 0.0441. The molecule has 5 aromatic carbocycles. The minimum absolute atomic E-state index is 0.667. The van der Waals surface area contributed by atoms with Crippen LogP contribution in [0.1, 0.15) is 68.6 Å². The molecule has 0 amide bonds. The van der Waals surface area contributed by atoms with E-state index in [1.807, 2.05) is 143 Å². The van der Waals surface area contributed by atoms with E-state index in [4.69, 9.17) is 24.4 Å². The highest BCUT2D eigenvalue weighted by Crippen LogP contribution is 2.26. The zero-order valence-corrected chi connectivity index (χ0v) is 36.7. The molecule has 6 rings (SSSR count). The fourth-order valence-electron chi connectivity index (χ4n) is 6.53. The van der Waals surface area contributed by atoms with Crippen molar-refractivity contribution in [1.82, 2.24) is 15.0 Å². The fourth-order valence-corrected chi connectivity index (χ4v) is 6.53. The molecule has 0 fully saturated rings. The van der Waals surface area contributed by atoms with Gasteiger partial charge in [-0.1, -0.05) is 62.6 Å². The van der Waals surface area contributed by atoms with Crippen LogP contribution in [-0.2, 0) is 12.8 Å². The molecule has 1 heterocycles. The van der Waals surface area contributed by atoms with Crippen LogP contribution in [0.3, 0.4) is 0 Å². The number of anilines is 2. The largest absolute Gasteiger partial charge is 0.494 e. The van der Waals surface area contributed by atoms with Crippen molar-refractivity contribution in [3.63, 3.8) is 0 Å². The molecule has 0 bridgehead atoms. The van der Waals surface area contributed by atoms with Crippen LogP contribution in [0, 0.1) is 0 Å². The predicted octanol–water partition coefficient (Wildman–Crippen LogP) is 13.5. The Labute approximate surface area is 367 Å². The van der Waals surface area contributed by atoms with Gasteiger partial charge >= 0.3 is 0 Å². The fraction of sp³-hybridized carbons (Fsp3) is 0.314. The van der Waals surface area contributed by atoms with Crippen molar-refractivity contribution in [3.05, 3.63) is 145 Å². The van der Waals surface area contributed by atoms with Crippen molar-refractivity contribution >= 4 is 40.2 Å². The van der Waals surface area contributed by atoms with Gasteiger partial charge in [-0.2, -0.15) is 20.5 Å². The Hall–Kier alpha value is -6.75. The van der Waals surface area contributed by atoms with Crippen molar-refractivity contribution in [1.29, 1.82) is 0 Å². The van der Waals surface area contributed by atoms with Crippen LogP contribution in [-0.4, -0.2) is 56.4 Å². The minimum Gasteiger partial charge on any atom is -0.494 e. The maximum Gasteiger partial charge on any atom is 0.163 e. The first-order valence-corrected chi connectivity index (χ1v) is 21.6. The highest BCUT2D eigenvalue weighted by atomic mass is 16.5. The lowest BCUT2D eigenvalue weighted by Gasteiger charge is -2.11. The summed E-state index contributed by atoms with van der Waals surface area (Å²) < 4.78 is 12.0. The lowest BCUT2D eigenvalue weighted by Crippen LogP contribution is -2.07. The summed E-state index contributed by atoms with van der Waals surface area (Å²) in [6.45, 7) is 5.22. The molecule has 0 saturated carbocycles. The van der Waals surface area contributed by atoms with Crippen molar-refractivity contribution in [3.8, 4) is 22.9 Å². The summed E-state index contributed by atoms with van der Waals surface area (Å²) >= 11 is 0. The molecule has 0 unspecified atom stereocenters. The van der Waals surface area contributed by atoms with Crippen LogP contribution in [0.4, 0.5) is 34.1 Å². The summed E-state index contributed by atoms with van der Waals surface area (Å²) in [7, 11) is 8.07. The molecule has 0 aliphatic heterocycles. The average Bonchev–Trinajstić information content (AvgIpc) is 3.30. The van der Waals surface area contributed by atoms with Crippen LogP contribution >= 0.6 is 0 Å². The number of nitrogens with zero attached hydrogens (tertiary/aromatic N) is 9. The van der Waals surface area contributed by atoms with E-state index in [1.165, 1.54) is 0 Å². The van der Waals surface area contributed by atoms with Gasteiger partial charge < -0.3 is 19.3 Å². The molecule has 0 saturated heterocycles. The minimum atomic E-state index is 0.667. The van der Waals surface area contributed by atoms with E-state index in [0.29, 0.717) is 13.2 Å². The van der Waals surface area contributed by atoms with Crippen LogP contribution in [0.5, 0.6) is 11.5 Å². The number of azo groups is 2. The standard InChI is InChI=1S/C51H59N9O2/c1-6-39-17-19-40(20-18-39)51-53-49(15-11-7-9-13-37-61-47-33-25-43(26-34-47)57-55-41-21-29-45(30-22-41)59(2)3)52-50(54-51)16-12-8-10-14-38-62-48-35-27-44(28-36-48)58-56-42-23-31-46(32-24-42)60(4)5/h6,17-36H,1,7-16,37-38H2,2-5H3. The second kappa shape index (κ2) is 23.9. The lowest BCUT2D eigenvalue weighted by atomic mass is 10.1. The molecule has 0 aliphatic carbocycles. The topological polar surface area (TPSA) is 113 Å². The summed E-state index contributed by atoms with van der Waals surface area (Å²) in [6, 6.07) is 39.7. The Balaban J connectivity index is 0.890. The summed E-state index contributed by atoms with van der Waals surface area (Å²) in [6.07, 6.45) is 11.7. The van der Waals surface area contributed by atoms with Crippen molar-refractivity contribution in [2.75, 3.05) is 51.2 Å². The van der Waals surface area contributed by atoms with E-state index < -0.39 is 0 Å². The zero-order valence-electron chi connectivity index (χ0n) is 36.7. The molecule has 1 aromatic heterocycles. The van der Waals surface area contributed by atoms with Crippen LogP contribution in [0.25, 0.3) is 17.5 Å². The first-order chi connectivity index (χ1) is 30.3. The molecule has 0 spiro atoms. The number of aromatic nitrogens is 3. The highest BCUT2D eigenvalue weighted by molar-refractivity contribution is 5.59. The third kappa shape index (κ3) is 14.8. The van der Waals surface area contributed by atoms with Crippen LogP contribution in [0.15, 0.2) is 148 Å². The van der Waals surface area contributed by atoms with Crippen molar-refractivity contribution < 1.29 is 9.47 Å². The molecule has 0 N–H and O–H groups in total. The molecule has 0 radical (unpaired) electrons. The molecule has 0 aliphatic rings. The third-order valence-electron chi connectivity index (χ3n) is 10.2. The molecule has 62 heavy (non-hydrogen) atoms. The second-order valence-electron chi connectivity index (χ2n) is 15.6. The molecule has 0 atom stereocenters. The van der Waals surface area contributed by atoms with E-state index in [0.717, 1.165) is 138 Å². The summed E-state index contributed by atoms with van der Waals surface area (Å²) in [5.74, 6) is 4.12. The first-order valence-electron chi connectivity index (χ1n) is 21.6. The molecule has 11 nitrogen and oxygen atoms in total. The second-order valence-corrected chi connectivity index (χ2v) is 15.6. The van der Waals surface area contributed by atoms with E-state index in [1.54, 1.807) is 0 Å². The Morgan fingerprint density at radius 3 is 1.19 bits per heavy atom. The molecule has 320 valence electrons. The van der Waals surface area contributed by atoms with Gasteiger partial charge in [-0.3, -0.25) is 0 Å². The summed E-state index contributed by atoms with van der Waals surface area (Å²) in [5.41, 5.74) is 7.53. The van der Waals surface area contributed by atoms with E-state index >= 15 is 0 Å².